The maximum Gasteiger partial charge on any atom is 0.255 e. The van der Waals surface area contributed by atoms with E-state index in [1.165, 1.54) is 0 Å². The predicted octanol–water partition coefficient (Wildman–Crippen LogP) is 3.64. The summed E-state index contributed by atoms with van der Waals surface area (Å²) in [5.74, 6) is 1.26. The molecule has 0 aliphatic carbocycles. The molecule has 1 amide bonds. The van der Waals surface area contributed by atoms with E-state index in [4.69, 9.17) is 4.74 Å². The molecule has 0 spiro atoms. The number of piperazine rings is 1. The lowest BCUT2D eigenvalue weighted by molar-refractivity contribution is 0.0703. The number of amides is 1. The van der Waals surface area contributed by atoms with Crippen LogP contribution in [0.5, 0.6) is 5.75 Å². The van der Waals surface area contributed by atoms with Crippen molar-refractivity contribution in [1.82, 2.24) is 24.2 Å². The highest BCUT2D eigenvalue weighted by atomic mass is 32.2. The fraction of sp³-hybridized carbons (Fsp3) is 0.304. The number of nitrogens with zero attached hydrogens (tertiary/aromatic N) is 5. The Morgan fingerprint density at radius 1 is 1.00 bits per heavy atom. The van der Waals surface area contributed by atoms with E-state index in [0.29, 0.717) is 36.0 Å². The predicted molar refractivity (Wildman–Crippen MR) is 127 cm³/mol. The van der Waals surface area contributed by atoms with Gasteiger partial charge < -0.3 is 15.0 Å². The number of aryl methyl sites for hydroxylation is 1. The van der Waals surface area contributed by atoms with Crippen LogP contribution in [0.2, 0.25) is 0 Å². The van der Waals surface area contributed by atoms with Gasteiger partial charge in [-0.25, -0.2) is 14.3 Å². The minimum Gasteiger partial charge on any atom is -0.497 e. The van der Waals surface area contributed by atoms with Crippen molar-refractivity contribution in [3.8, 4) is 16.9 Å². The van der Waals surface area contributed by atoms with Gasteiger partial charge in [-0.2, -0.15) is 0 Å². The number of anilines is 2. The van der Waals surface area contributed by atoms with Gasteiger partial charge in [0.2, 0.25) is 5.95 Å². The SMILES string of the molecule is COc1ccc(-c2cnc(Nc3cnc(C)c(C(=O)N4CCN(SC)CC4)c3)nc2)cc1. The largest absolute Gasteiger partial charge is 0.497 e. The lowest BCUT2D eigenvalue weighted by Gasteiger charge is -2.33. The number of hydrogen-bond donors (Lipinski definition) is 1. The van der Waals surface area contributed by atoms with Crippen LogP contribution in [0.25, 0.3) is 11.1 Å². The molecule has 3 heterocycles. The first-order chi connectivity index (χ1) is 15.6. The fourth-order valence-electron chi connectivity index (χ4n) is 3.52. The second-order valence-corrected chi connectivity index (χ2v) is 8.29. The van der Waals surface area contributed by atoms with Crippen molar-refractivity contribution >= 4 is 29.5 Å². The van der Waals surface area contributed by atoms with Gasteiger partial charge in [0.1, 0.15) is 5.75 Å². The van der Waals surface area contributed by atoms with E-state index in [9.17, 15) is 4.79 Å². The fourth-order valence-corrected chi connectivity index (χ4v) is 4.04. The van der Waals surface area contributed by atoms with Crippen molar-refractivity contribution in [3.63, 3.8) is 0 Å². The summed E-state index contributed by atoms with van der Waals surface area (Å²) >= 11 is 1.72. The van der Waals surface area contributed by atoms with Gasteiger partial charge in [0, 0.05) is 44.1 Å². The molecule has 0 unspecified atom stereocenters. The number of pyridine rings is 1. The molecule has 0 saturated carbocycles. The van der Waals surface area contributed by atoms with Crippen molar-refractivity contribution < 1.29 is 9.53 Å². The summed E-state index contributed by atoms with van der Waals surface area (Å²) in [7, 11) is 1.64. The minimum absolute atomic E-state index is 0.00942. The first-order valence-electron chi connectivity index (χ1n) is 10.4. The zero-order chi connectivity index (χ0) is 22.5. The van der Waals surface area contributed by atoms with E-state index >= 15 is 0 Å². The number of carbonyl (C=O) groups excluding carboxylic acids is 1. The number of carbonyl (C=O) groups is 1. The summed E-state index contributed by atoms with van der Waals surface area (Å²) in [5, 5.41) is 3.16. The Balaban J connectivity index is 1.46. The molecular weight excluding hydrogens is 424 g/mol. The molecule has 3 aromatic rings. The van der Waals surface area contributed by atoms with Gasteiger partial charge in [-0.1, -0.05) is 24.1 Å². The van der Waals surface area contributed by atoms with Gasteiger partial charge >= 0.3 is 0 Å². The van der Waals surface area contributed by atoms with Gasteiger partial charge in [-0.3, -0.25) is 9.78 Å². The highest BCUT2D eigenvalue weighted by Crippen LogP contribution is 2.23. The second kappa shape index (κ2) is 9.97. The number of benzene rings is 1. The van der Waals surface area contributed by atoms with Gasteiger partial charge in [0.05, 0.1) is 30.3 Å². The maximum absolute atomic E-state index is 13.1. The third-order valence-electron chi connectivity index (χ3n) is 5.43. The van der Waals surface area contributed by atoms with Crippen molar-refractivity contribution in [2.45, 2.75) is 6.92 Å². The smallest absolute Gasteiger partial charge is 0.255 e. The Kier molecular flexibility index (Phi) is 6.87. The highest BCUT2D eigenvalue weighted by Gasteiger charge is 2.23. The van der Waals surface area contributed by atoms with Crippen molar-refractivity contribution in [2.75, 3.05) is 44.9 Å². The van der Waals surface area contributed by atoms with Gasteiger partial charge in [0.25, 0.3) is 5.91 Å². The highest BCUT2D eigenvalue weighted by molar-refractivity contribution is 7.96. The standard InChI is InChI=1S/C23H26N6O2S/c1-16-21(22(30)28-8-10-29(32-3)11-9-28)12-19(15-24-16)27-23-25-13-18(14-26-23)17-4-6-20(31-2)7-5-17/h4-7,12-15H,8-11H2,1-3H3,(H,25,26,27). The quantitative estimate of drug-likeness (QED) is 0.570. The Bertz CT molecular complexity index is 1070. The summed E-state index contributed by atoms with van der Waals surface area (Å²) in [6.45, 7) is 5.02. The van der Waals surface area contributed by atoms with Crippen LogP contribution in [0.1, 0.15) is 16.1 Å². The zero-order valence-electron chi connectivity index (χ0n) is 18.4. The molecule has 1 aliphatic rings. The molecule has 32 heavy (non-hydrogen) atoms. The molecule has 1 fully saturated rings. The van der Waals surface area contributed by atoms with Crippen LogP contribution in [0.3, 0.4) is 0 Å². The van der Waals surface area contributed by atoms with Crippen LogP contribution in [-0.4, -0.2) is 69.6 Å². The van der Waals surface area contributed by atoms with E-state index < -0.39 is 0 Å². The monoisotopic (exact) mass is 450 g/mol. The molecular formula is C23H26N6O2S. The number of hydrogen-bond acceptors (Lipinski definition) is 8. The second-order valence-electron chi connectivity index (χ2n) is 7.41. The number of aromatic nitrogens is 3. The van der Waals surface area contributed by atoms with Crippen molar-refractivity contribution in [1.29, 1.82) is 0 Å². The van der Waals surface area contributed by atoms with Crippen LogP contribution in [-0.2, 0) is 0 Å². The Hall–Kier alpha value is -3.17. The lowest BCUT2D eigenvalue weighted by atomic mass is 10.1. The van der Waals surface area contributed by atoms with Crippen LogP contribution in [0, 0.1) is 6.92 Å². The minimum atomic E-state index is 0.00942. The van der Waals surface area contributed by atoms with Gasteiger partial charge in [-0.05, 0) is 36.9 Å². The topological polar surface area (TPSA) is 83.5 Å². The summed E-state index contributed by atoms with van der Waals surface area (Å²) in [6, 6.07) is 9.56. The summed E-state index contributed by atoms with van der Waals surface area (Å²) in [4.78, 5) is 28.2. The van der Waals surface area contributed by atoms with Gasteiger partial charge in [-0.15, -0.1) is 0 Å². The molecule has 1 saturated heterocycles. The number of ether oxygens (including phenoxy) is 1. The molecule has 1 N–H and O–H groups in total. The van der Waals surface area contributed by atoms with Gasteiger partial charge in [0.15, 0.2) is 0 Å². The summed E-state index contributed by atoms with van der Waals surface area (Å²) in [5.41, 5.74) is 3.90. The maximum atomic E-state index is 13.1. The lowest BCUT2D eigenvalue weighted by Crippen LogP contribution is -2.46. The Morgan fingerprint density at radius 2 is 1.69 bits per heavy atom. The molecule has 0 atom stereocenters. The molecule has 2 aromatic heterocycles. The third-order valence-corrected chi connectivity index (χ3v) is 6.31. The molecule has 166 valence electrons. The normalized spacial score (nSPS) is 14.3. The summed E-state index contributed by atoms with van der Waals surface area (Å²) < 4.78 is 7.46. The van der Waals surface area contributed by atoms with E-state index in [1.807, 2.05) is 42.2 Å². The van der Waals surface area contributed by atoms with Crippen LogP contribution in [0.15, 0.2) is 48.9 Å². The molecule has 1 aliphatic heterocycles. The first-order valence-corrected chi connectivity index (χ1v) is 11.5. The zero-order valence-corrected chi connectivity index (χ0v) is 19.2. The number of methoxy groups -OCH3 is 1. The summed E-state index contributed by atoms with van der Waals surface area (Å²) in [6.07, 6.45) is 7.27. The molecule has 4 rings (SSSR count). The van der Waals surface area contributed by atoms with Crippen molar-refractivity contribution in [3.05, 3.63) is 60.2 Å². The Morgan fingerprint density at radius 3 is 2.31 bits per heavy atom. The van der Waals surface area contributed by atoms with E-state index in [0.717, 1.165) is 30.0 Å². The van der Waals surface area contributed by atoms with E-state index in [1.54, 1.807) is 37.6 Å². The average molecular weight is 451 g/mol. The van der Waals surface area contributed by atoms with E-state index in [2.05, 4.69) is 30.8 Å². The molecule has 9 heteroatoms. The molecule has 0 bridgehead atoms. The Labute approximate surface area is 192 Å². The first kappa shape index (κ1) is 22.0. The molecule has 1 aromatic carbocycles. The number of rotatable bonds is 6. The molecule has 0 radical (unpaired) electrons. The van der Waals surface area contributed by atoms with Crippen LogP contribution in [0.4, 0.5) is 11.6 Å². The van der Waals surface area contributed by atoms with E-state index in [-0.39, 0.29) is 5.91 Å². The average Bonchev–Trinajstić information content (AvgIpc) is 2.85. The van der Waals surface area contributed by atoms with Crippen LogP contribution >= 0.6 is 11.9 Å². The number of nitrogens with one attached hydrogen (secondary N) is 1. The third kappa shape index (κ3) is 5.00. The molecule has 8 nitrogen and oxygen atoms in total. The van der Waals surface area contributed by atoms with Crippen LogP contribution < -0.4 is 10.1 Å². The van der Waals surface area contributed by atoms with Crippen molar-refractivity contribution in [2.24, 2.45) is 0 Å².